The Morgan fingerprint density at radius 1 is 1.13 bits per heavy atom. The number of hydrogen-bond acceptors (Lipinski definition) is 6. The number of amides is 1. The van der Waals surface area contributed by atoms with E-state index >= 15 is 0 Å². The molecule has 0 aliphatic heterocycles. The second kappa shape index (κ2) is 11.0. The number of aromatic nitrogens is 2. The van der Waals surface area contributed by atoms with Crippen LogP contribution in [0.1, 0.15) is 12.5 Å². The van der Waals surface area contributed by atoms with Crippen LogP contribution in [-0.4, -0.2) is 40.9 Å². The van der Waals surface area contributed by atoms with E-state index in [1.165, 1.54) is 17.8 Å². The monoisotopic (exact) mass is 437 g/mol. The van der Waals surface area contributed by atoms with E-state index in [0.717, 1.165) is 22.2 Å². The lowest BCUT2D eigenvalue weighted by molar-refractivity contribution is -0.137. The van der Waals surface area contributed by atoms with Crippen LogP contribution in [0.15, 0.2) is 72.2 Å². The summed E-state index contributed by atoms with van der Waals surface area (Å²) in [5, 5.41) is 3.58. The Hall–Kier alpha value is -3.52. The summed E-state index contributed by atoms with van der Waals surface area (Å²) in [6, 6.07) is 14.8. The number of imidazole rings is 1. The molecule has 1 N–H and O–H groups in total. The summed E-state index contributed by atoms with van der Waals surface area (Å²) in [5.41, 5.74) is 2.45. The summed E-state index contributed by atoms with van der Waals surface area (Å²) in [6.07, 6.45) is 6.59. The molecule has 1 aromatic heterocycles. The Morgan fingerprint density at radius 2 is 1.87 bits per heavy atom. The van der Waals surface area contributed by atoms with Gasteiger partial charge in [-0.1, -0.05) is 23.9 Å². The van der Waals surface area contributed by atoms with Crippen LogP contribution in [0.4, 0.5) is 5.69 Å². The van der Waals surface area contributed by atoms with Gasteiger partial charge in [-0.2, -0.15) is 0 Å². The number of hydrogen-bond donors (Lipinski definition) is 1. The number of benzene rings is 2. The second-order valence-electron chi connectivity index (χ2n) is 6.32. The maximum Gasteiger partial charge on any atom is 0.330 e. The molecule has 3 aromatic rings. The summed E-state index contributed by atoms with van der Waals surface area (Å²) in [4.78, 5) is 28.1. The first kappa shape index (κ1) is 22.2. The minimum absolute atomic E-state index is 0.135. The van der Waals surface area contributed by atoms with Crippen molar-refractivity contribution in [2.24, 2.45) is 0 Å². The standard InChI is InChI=1S/C23H23N3O4S/c1-3-30-22(28)13-6-17-4-7-18(8-5-17)25-21(27)16-31-23-24-14-15-26(23)19-9-11-20(29-2)12-10-19/h4-15H,3,16H2,1-2H3,(H,25,27)/b13-6+. The zero-order chi connectivity index (χ0) is 22.1. The highest BCUT2D eigenvalue weighted by atomic mass is 32.2. The van der Waals surface area contributed by atoms with Crippen LogP contribution in [0.25, 0.3) is 11.8 Å². The molecule has 0 saturated carbocycles. The first-order valence-corrected chi connectivity index (χ1v) is 10.6. The Morgan fingerprint density at radius 3 is 2.55 bits per heavy atom. The molecule has 0 bridgehead atoms. The summed E-state index contributed by atoms with van der Waals surface area (Å²) in [5.74, 6) is 0.478. The van der Waals surface area contributed by atoms with E-state index in [0.29, 0.717) is 12.3 Å². The molecule has 2 aromatic carbocycles. The van der Waals surface area contributed by atoms with E-state index in [4.69, 9.17) is 9.47 Å². The Labute approximate surface area is 185 Å². The minimum Gasteiger partial charge on any atom is -0.497 e. The van der Waals surface area contributed by atoms with E-state index in [1.807, 2.05) is 47.2 Å². The van der Waals surface area contributed by atoms with Crippen molar-refractivity contribution < 1.29 is 19.1 Å². The van der Waals surface area contributed by atoms with Gasteiger partial charge < -0.3 is 14.8 Å². The van der Waals surface area contributed by atoms with Crippen LogP contribution >= 0.6 is 11.8 Å². The Kier molecular flexibility index (Phi) is 7.89. The van der Waals surface area contributed by atoms with Crippen molar-refractivity contribution in [3.05, 3.63) is 72.6 Å². The van der Waals surface area contributed by atoms with Crippen molar-refractivity contribution in [3.63, 3.8) is 0 Å². The Bertz CT molecular complexity index is 1040. The number of nitrogens with one attached hydrogen (secondary N) is 1. The number of methoxy groups -OCH3 is 1. The van der Waals surface area contributed by atoms with Crippen LogP contribution < -0.4 is 10.1 Å². The molecule has 0 aliphatic rings. The predicted octanol–water partition coefficient (Wildman–Crippen LogP) is 4.19. The lowest BCUT2D eigenvalue weighted by Gasteiger charge is -2.09. The van der Waals surface area contributed by atoms with Crippen LogP contribution in [0.3, 0.4) is 0 Å². The van der Waals surface area contributed by atoms with Gasteiger partial charge >= 0.3 is 5.97 Å². The molecule has 8 heteroatoms. The third-order valence-electron chi connectivity index (χ3n) is 4.18. The average molecular weight is 438 g/mol. The van der Waals surface area contributed by atoms with Crippen molar-refractivity contribution in [1.82, 2.24) is 9.55 Å². The highest BCUT2D eigenvalue weighted by Gasteiger charge is 2.10. The van der Waals surface area contributed by atoms with Crippen LogP contribution in [-0.2, 0) is 14.3 Å². The Balaban J connectivity index is 1.54. The first-order chi connectivity index (χ1) is 15.1. The first-order valence-electron chi connectivity index (χ1n) is 9.64. The lowest BCUT2D eigenvalue weighted by atomic mass is 10.2. The molecular weight excluding hydrogens is 414 g/mol. The number of carbonyl (C=O) groups is 2. The van der Waals surface area contributed by atoms with Gasteiger partial charge in [-0.05, 0) is 55.0 Å². The highest BCUT2D eigenvalue weighted by Crippen LogP contribution is 2.22. The largest absolute Gasteiger partial charge is 0.497 e. The minimum atomic E-state index is -0.384. The van der Waals surface area contributed by atoms with Gasteiger partial charge in [-0.15, -0.1) is 0 Å². The van der Waals surface area contributed by atoms with Gasteiger partial charge in [-0.25, -0.2) is 9.78 Å². The van der Waals surface area contributed by atoms with Gasteiger partial charge in [0.15, 0.2) is 5.16 Å². The van der Waals surface area contributed by atoms with Gasteiger partial charge in [0.05, 0.1) is 19.5 Å². The molecule has 160 valence electrons. The van der Waals surface area contributed by atoms with Crippen molar-refractivity contribution in [3.8, 4) is 11.4 Å². The van der Waals surface area contributed by atoms with Crippen molar-refractivity contribution in [2.45, 2.75) is 12.1 Å². The van der Waals surface area contributed by atoms with Crippen molar-refractivity contribution >= 4 is 35.4 Å². The molecule has 7 nitrogen and oxygen atoms in total. The molecule has 0 spiro atoms. The summed E-state index contributed by atoms with van der Waals surface area (Å²) >= 11 is 1.35. The SMILES string of the molecule is CCOC(=O)/C=C/c1ccc(NC(=O)CSc2nccn2-c2ccc(OC)cc2)cc1. The summed E-state index contributed by atoms with van der Waals surface area (Å²) in [6.45, 7) is 2.10. The number of nitrogens with zero attached hydrogens (tertiary/aromatic N) is 2. The number of carbonyl (C=O) groups excluding carboxylic acids is 2. The fraction of sp³-hybridized carbons (Fsp3) is 0.174. The molecule has 0 atom stereocenters. The van der Waals surface area contributed by atoms with E-state index < -0.39 is 0 Å². The van der Waals surface area contributed by atoms with Gasteiger partial charge in [0, 0.05) is 29.8 Å². The number of ether oxygens (including phenoxy) is 2. The maximum atomic E-state index is 12.4. The summed E-state index contributed by atoms with van der Waals surface area (Å²) in [7, 11) is 1.62. The van der Waals surface area contributed by atoms with E-state index in [1.54, 1.807) is 38.4 Å². The highest BCUT2D eigenvalue weighted by molar-refractivity contribution is 7.99. The van der Waals surface area contributed by atoms with Gasteiger partial charge in [-0.3, -0.25) is 9.36 Å². The molecule has 31 heavy (non-hydrogen) atoms. The van der Waals surface area contributed by atoms with E-state index in [2.05, 4.69) is 10.3 Å². The molecule has 0 radical (unpaired) electrons. The fourth-order valence-electron chi connectivity index (χ4n) is 2.70. The second-order valence-corrected chi connectivity index (χ2v) is 7.26. The average Bonchev–Trinajstić information content (AvgIpc) is 3.26. The zero-order valence-electron chi connectivity index (χ0n) is 17.3. The van der Waals surface area contributed by atoms with Crippen LogP contribution in [0.5, 0.6) is 5.75 Å². The normalized spacial score (nSPS) is 10.8. The fourth-order valence-corrected chi connectivity index (χ4v) is 3.47. The predicted molar refractivity (Wildman–Crippen MR) is 122 cm³/mol. The summed E-state index contributed by atoms with van der Waals surface area (Å²) < 4.78 is 12.0. The molecule has 0 aliphatic carbocycles. The van der Waals surface area contributed by atoms with E-state index in [9.17, 15) is 9.59 Å². The maximum absolute atomic E-state index is 12.4. The molecule has 3 rings (SSSR count). The number of esters is 1. The molecule has 0 unspecified atom stereocenters. The lowest BCUT2D eigenvalue weighted by Crippen LogP contribution is -2.14. The van der Waals surface area contributed by atoms with Crippen molar-refractivity contribution in [1.29, 1.82) is 0 Å². The van der Waals surface area contributed by atoms with Crippen LogP contribution in [0, 0.1) is 0 Å². The van der Waals surface area contributed by atoms with Crippen LogP contribution in [0.2, 0.25) is 0 Å². The van der Waals surface area contributed by atoms with E-state index in [-0.39, 0.29) is 17.6 Å². The van der Waals surface area contributed by atoms with Gasteiger partial charge in [0.1, 0.15) is 5.75 Å². The van der Waals surface area contributed by atoms with Gasteiger partial charge in [0.25, 0.3) is 0 Å². The van der Waals surface area contributed by atoms with Gasteiger partial charge in [0.2, 0.25) is 5.91 Å². The number of anilines is 1. The smallest absolute Gasteiger partial charge is 0.330 e. The quantitative estimate of drug-likeness (QED) is 0.307. The number of thioether (sulfide) groups is 1. The topological polar surface area (TPSA) is 82.5 Å². The molecule has 1 heterocycles. The number of rotatable bonds is 9. The molecular formula is C23H23N3O4S. The molecule has 1 amide bonds. The third kappa shape index (κ3) is 6.48. The third-order valence-corrected chi connectivity index (χ3v) is 5.15. The van der Waals surface area contributed by atoms with Crippen molar-refractivity contribution in [2.75, 3.05) is 24.8 Å². The molecule has 0 saturated heterocycles. The zero-order valence-corrected chi connectivity index (χ0v) is 18.1. The molecule has 0 fully saturated rings.